The van der Waals surface area contributed by atoms with Crippen LogP contribution in [0.5, 0.6) is 0 Å². The summed E-state index contributed by atoms with van der Waals surface area (Å²) >= 11 is 0. The number of carbonyl (C=O) groups is 3. The van der Waals surface area contributed by atoms with E-state index < -0.39 is 5.97 Å². The maximum atomic E-state index is 11.5. The average molecular weight is 221 g/mol. The van der Waals surface area contributed by atoms with Crippen LogP contribution in [-0.4, -0.2) is 22.6 Å². The van der Waals surface area contributed by atoms with Crippen molar-refractivity contribution in [2.24, 2.45) is 0 Å². The van der Waals surface area contributed by atoms with Crippen molar-refractivity contribution in [1.29, 1.82) is 0 Å². The zero-order valence-electron chi connectivity index (χ0n) is 8.69. The van der Waals surface area contributed by atoms with E-state index >= 15 is 0 Å². The molecule has 0 heterocycles. The summed E-state index contributed by atoms with van der Waals surface area (Å²) in [5.41, 5.74) is 5.68. The molecule has 16 heavy (non-hydrogen) atoms. The number of carboxylic acids is 1. The summed E-state index contributed by atoms with van der Waals surface area (Å²) in [5.74, 6) is -1.76. The van der Waals surface area contributed by atoms with Crippen LogP contribution >= 0.6 is 0 Å². The molecule has 1 rings (SSSR count). The van der Waals surface area contributed by atoms with Gasteiger partial charge in [0, 0.05) is 11.3 Å². The van der Waals surface area contributed by atoms with Crippen LogP contribution in [0.1, 0.15) is 34.1 Å². The molecule has 0 bridgehead atoms. The van der Waals surface area contributed by atoms with E-state index in [9.17, 15) is 14.4 Å². The Morgan fingerprint density at radius 2 is 1.94 bits per heavy atom. The number of carboxylic acid groups (broad SMARTS) is 1. The molecule has 0 spiro atoms. The summed E-state index contributed by atoms with van der Waals surface area (Å²) < 4.78 is 0. The molecular weight excluding hydrogens is 210 g/mol. The van der Waals surface area contributed by atoms with Crippen LogP contribution in [0.15, 0.2) is 18.2 Å². The summed E-state index contributed by atoms with van der Waals surface area (Å²) in [4.78, 5) is 32.9. The molecule has 0 amide bonds. The standard InChI is InChI=1S/C11H11NO4/c1-6(13)4-10(14)7-2-3-8(11(15)16)9(12)5-7/h2-3,5H,4,12H2,1H3,(H,15,16). The molecule has 0 aliphatic rings. The second kappa shape index (κ2) is 4.57. The van der Waals surface area contributed by atoms with Crippen LogP contribution in [0.2, 0.25) is 0 Å². The highest BCUT2D eigenvalue weighted by Gasteiger charge is 2.13. The summed E-state index contributed by atoms with van der Waals surface area (Å²) in [5, 5.41) is 8.72. The Labute approximate surface area is 91.9 Å². The summed E-state index contributed by atoms with van der Waals surface area (Å²) in [7, 11) is 0. The summed E-state index contributed by atoms with van der Waals surface area (Å²) in [6.45, 7) is 1.31. The van der Waals surface area contributed by atoms with E-state index in [1.165, 1.54) is 25.1 Å². The lowest BCUT2D eigenvalue weighted by Crippen LogP contribution is -2.08. The molecule has 0 aliphatic carbocycles. The van der Waals surface area contributed by atoms with E-state index in [1.54, 1.807) is 0 Å². The van der Waals surface area contributed by atoms with Gasteiger partial charge in [0.25, 0.3) is 0 Å². The van der Waals surface area contributed by atoms with Crippen LogP contribution in [0, 0.1) is 0 Å². The topological polar surface area (TPSA) is 97.5 Å². The monoisotopic (exact) mass is 221 g/mol. The number of rotatable bonds is 4. The quantitative estimate of drug-likeness (QED) is 0.451. The third kappa shape index (κ3) is 2.66. The van der Waals surface area contributed by atoms with E-state index in [1.807, 2.05) is 0 Å². The Bertz CT molecular complexity index is 465. The molecule has 5 nitrogen and oxygen atoms in total. The van der Waals surface area contributed by atoms with Gasteiger partial charge in [-0.05, 0) is 19.1 Å². The van der Waals surface area contributed by atoms with Gasteiger partial charge in [-0.3, -0.25) is 9.59 Å². The lowest BCUT2D eigenvalue weighted by Gasteiger charge is -2.03. The summed E-state index contributed by atoms with van der Waals surface area (Å²) in [6, 6.07) is 3.88. The van der Waals surface area contributed by atoms with Crippen molar-refractivity contribution in [3.63, 3.8) is 0 Å². The predicted molar refractivity (Wildman–Crippen MR) is 57.4 cm³/mol. The number of aromatic carboxylic acids is 1. The number of nitrogens with two attached hydrogens (primary N) is 1. The van der Waals surface area contributed by atoms with Crippen LogP contribution in [0.25, 0.3) is 0 Å². The first-order valence-electron chi connectivity index (χ1n) is 4.57. The lowest BCUT2D eigenvalue weighted by atomic mass is 10.0. The molecule has 1 aromatic rings. The number of hydrogen-bond acceptors (Lipinski definition) is 4. The molecule has 0 saturated heterocycles. The van der Waals surface area contributed by atoms with Gasteiger partial charge < -0.3 is 10.8 Å². The van der Waals surface area contributed by atoms with Crippen molar-refractivity contribution in [2.75, 3.05) is 5.73 Å². The minimum atomic E-state index is -1.15. The molecule has 1 aromatic carbocycles. The van der Waals surface area contributed by atoms with E-state index in [2.05, 4.69) is 0 Å². The zero-order valence-corrected chi connectivity index (χ0v) is 8.69. The first-order chi connectivity index (χ1) is 7.41. The fraction of sp³-hybridized carbons (Fsp3) is 0.182. The van der Waals surface area contributed by atoms with Gasteiger partial charge >= 0.3 is 5.97 Å². The largest absolute Gasteiger partial charge is 0.478 e. The summed E-state index contributed by atoms with van der Waals surface area (Å²) in [6.07, 6.45) is -0.203. The molecule has 0 atom stereocenters. The van der Waals surface area contributed by atoms with Gasteiger partial charge in [0.15, 0.2) is 5.78 Å². The van der Waals surface area contributed by atoms with Gasteiger partial charge in [0.1, 0.15) is 5.78 Å². The highest BCUT2D eigenvalue weighted by molar-refractivity contribution is 6.08. The van der Waals surface area contributed by atoms with Crippen molar-refractivity contribution in [3.8, 4) is 0 Å². The molecule has 84 valence electrons. The Balaban J connectivity index is 3.01. The van der Waals surface area contributed by atoms with E-state index in [-0.39, 0.29) is 34.8 Å². The maximum absolute atomic E-state index is 11.5. The van der Waals surface area contributed by atoms with E-state index in [0.29, 0.717) is 0 Å². The van der Waals surface area contributed by atoms with Crippen LogP contribution in [0.3, 0.4) is 0 Å². The smallest absolute Gasteiger partial charge is 0.337 e. The number of hydrogen-bond donors (Lipinski definition) is 2. The minimum absolute atomic E-state index is 0.0157. The number of anilines is 1. The molecule has 3 N–H and O–H groups in total. The van der Waals surface area contributed by atoms with Crippen molar-refractivity contribution < 1.29 is 19.5 Å². The lowest BCUT2D eigenvalue weighted by molar-refractivity contribution is -0.116. The molecule has 0 radical (unpaired) electrons. The molecule has 0 saturated carbocycles. The Morgan fingerprint density at radius 1 is 1.31 bits per heavy atom. The van der Waals surface area contributed by atoms with Gasteiger partial charge in [0.2, 0.25) is 0 Å². The highest BCUT2D eigenvalue weighted by atomic mass is 16.4. The molecule has 0 aliphatic heterocycles. The minimum Gasteiger partial charge on any atom is -0.478 e. The van der Waals surface area contributed by atoms with Crippen LogP contribution in [-0.2, 0) is 4.79 Å². The predicted octanol–water partition coefficient (Wildman–Crippen LogP) is 1.13. The van der Waals surface area contributed by atoms with Gasteiger partial charge in [-0.15, -0.1) is 0 Å². The second-order valence-corrected chi connectivity index (χ2v) is 3.41. The van der Waals surface area contributed by atoms with Gasteiger partial charge in [-0.1, -0.05) is 6.07 Å². The van der Waals surface area contributed by atoms with Crippen LogP contribution < -0.4 is 5.73 Å². The maximum Gasteiger partial charge on any atom is 0.337 e. The number of ketones is 2. The Kier molecular flexibility index (Phi) is 3.40. The normalized spacial score (nSPS) is 9.81. The molecule has 0 aromatic heterocycles. The number of benzene rings is 1. The van der Waals surface area contributed by atoms with Crippen molar-refractivity contribution in [1.82, 2.24) is 0 Å². The molecule has 0 unspecified atom stereocenters. The van der Waals surface area contributed by atoms with E-state index in [0.717, 1.165) is 0 Å². The van der Waals surface area contributed by atoms with Gasteiger partial charge in [-0.25, -0.2) is 4.79 Å². The molecular formula is C11H11NO4. The van der Waals surface area contributed by atoms with Crippen molar-refractivity contribution in [2.45, 2.75) is 13.3 Å². The fourth-order valence-corrected chi connectivity index (χ4v) is 1.26. The first kappa shape index (κ1) is 11.9. The number of carbonyl (C=O) groups excluding carboxylic acids is 2. The fourth-order valence-electron chi connectivity index (χ4n) is 1.26. The van der Waals surface area contributed by atoms with Gasteiger partial charge in [-0.2, -0.15) is 0 Å². The Morgan fingerprint density at radius 3 is 2.38 bits per heavy atom. The third-order valence-electron chi connectivity index (χ3n) is 2.01. The van der Waals surface area contributed by atoms with Crippen molar-refractivity contribution in [3.05, 3.63) is 29.3 Å². The second-order valence-electron chi connectivity index (χ2n) is 3.41. The third-order valence-corrected chi connectivity index (χ3v) is 2.01. The zero-order chi connectivity index (χ0) is 12.3. The number of nitrogen functional groups attached to an aromatic ring is 1. The average Bonchev–Trinajstić information content (AvgIpc) is 2.15. The van der Waals surface area contributed by atoms with E-state index in [4.69, 9.17) is 10.8 Å². The van der Waals surface area contributed by atoms with Gasteiger partial charge in [0.05, 0.1) is 12.0 Å². The molecule has 0 fully saturated rings. The van der Waals surface area contributed by atoms with Crippen LogP contribution in [0.4, 0.5) is 5.69 Å². The molecule has 5 heteroatoms. The first-order valence-corrected chi connectivity index (χ1v) is 4.57. The highest BCUT2D eigenvalue weighted by Crippen LogP contribution is 2.15. The number of Topliss-reactive ketones (excluding diaryl/α,β-unsaturated/α-hetero) is 2. The van der Waals surface area contributed by atoms with Crippen molar-refractivity contribution >= 4 is 23.2 Å². The Hall–Kier alpha value is -2.17. The SMILES string of the molecule is CC(=O)CC(=O)c1ccc(C(=O)O)c(N)c1.